The van der Waals surface area contributed by atoms with E-state index in [-0.39, 0.29) is 0 Å². The predicted molar refractivity (Wildman–Crippen MR) is 108 cm³/mol. The van der Waals surface area contributed by atoms with Crippen LogP contribution in [-0.4, -0.2) is 0 Å². The predicted octanol–water partition coefficient (Wildman–Crippen LogP) is 5.67. The van der Waals surface area contributed by atoms with E-state index in [0.29, 0.717) is 0 Å². The van der Waals surface area contributed by atoms with Gasteiger partial charge in [-0.25, -0.2) is 0 Å². The van der Waals surface area contributed by atoms with Gasteiger partial charge >= 0.3 is 0 Å². The van der Waals surface area contributed by atoms with Crippen molar-refractivity contribution in [2.45, 2.75) is 26.7 Å². The molecule has 1 heteroatoms. The molecule has 0 aliphatic carbocycles. The first-order valence-electron chi connectivity index (χ1n) is 8.58. The van der Waals surface area contributed by atoms with Gasteiger partial charge in [0, 0.05) is 11.1 Å². The molecular formula is C24H20S. The van der Waals surface area contributed by atoms with Crippen LogP contribution in [-0.2, 0) is 12.8 Å². The summed E-state index contributed by atoms with van der Waals surface area (Å²) < 4.78 is 0. The van der Waals surface area contributed by atoms with Crippen molar-refractivity contribution in [1.82, 2.24) is 0 Å². The molecule has 0 radical (unpaired) electrons. The minimum absolute atomic E-state index is 1.05. The Balaban J connectivity index is 1.70. The zero-order valence-electron chi connectivity index (χ0n) is 14.6. The molecule has 0 amide bonds. The molecule has 3 rings (SSSR count). The molecule has 0 aliphatic rings. The lowest BCUT2D eigenvalue weighted by molar-refractivity contribution is 1.14. The maximum absolute atomic E-state index is 3.23. The van der Waals surface area contributed by atoms with Crippen molar-refractivity contribution in [3.05, 3.63) is 92.7 Å². The second-order valence-corrected chi connectivity index (χ2v) is 6.85. The van der Waals surface area contributed by atoms with Crippen LogP contribution in [0.1, 0.15) is 45.9 Å². The molecule has 3 aromatic rings. The molecular weight excluding hydrogens is 320 g/mol. The molecule has 0 unspecified atom stereocenters. The minimum atomic E-state index is 1.05. The number of hydrogen-bond acceptors (Lipinski definition) is 1. The van der Waals surface area contributed by atoms with Gasteiger partial charge in [0.2, 0.25) is 0 Å². The first-order valence-corrected chi connectivity index (χ1v) is 9.40. The van der Waals surface area contributed by atoms with Gasteiger partial charge in [-0.15, -0.1) is 11.3 Å². The highest BCUT2D eigenvalue weighted by Gasteiger charge is 1.95. The average molecular weight is 340 g/mol. The first kappa shape index (κ1) is 17.1. The van der Waals surface area contributed by atoms with Crippen LogP contribution in [0.3, 0.4) is 0 Å². The van der Waals surface area contributed by atoms with E-state index in [2.05, 4.69) is 86.1 Å². The maximum Gasteiger partial charge on any atom is 0.0785 e. The third-order valence-electron chi connectivity index (χ3n) is 3.99. The maximum atomic E-state index is 3.23. The highest BCUT2D eigenvalue weighted by Crippen LogP contribution is 2.15. The Labute approximate surface area is 154 Å². The standard InChI is InChI=1S/C24H20S/c1-3-19-5-9-21(10-6-19)13-15-23-17-18-24(25-23)16-14-22-11-7-20(4-2)8-12-22/h5-12,17-18H,3-4H2,1-2H3. The van der Waals surface area contributed by atoms with Gasteiger partial charge in [-0.05, 0) is 60.4 Å². The van der Waals surface area contributed by atoms with Gasteiger partial charge in [-0.2, -0.15) is 0 Å². The van der Waals surface area contributed by atoms with Crippen LogP contribution in [0.25, 0.3) is 0 Å². The molecule has 0 N–H and O–H groups in total. The molecule has 0 nitrogen and oxygen atoms in total. The van der Waals surface area contributed by atoms with E-state index >= 15 is 0 Å². The van der Waals surface area contributed by atoms with Gasteiger partial charge in [0.15, 0.2) is 0 Å². The Morgan fingerprint density at radius 1 is 0.560 bits per heavy atom. The first-order chi connectivity index (χ1) is 12.3. The third-order valence-corrected chi connectivity index (χ3v) is 4.91. The van der Waals surface area contributed by atoms with E-state index in [1.807, 2.05) is 12.1 Å². The summed E-state index contributed by atoms with van der Waals surface area (Å²) in [5.41, 5.74) is 4.78. The number of hydrogen-bond donors (Lipinski definition) is 0. The summed E-state index contributed by atoms with van der Waals surface area (Å²) in [5.74, 6) is 12.9. The second kappa shape index (κ2) is 8.39. The molecule has 1 aromatic heterocycles. The lowest BCUT2D eigenvalue weighted by Gasteiger charge is -1.94. The van der Waals surface area contributed by atoms with Crippen LogP contribution in [0.2, 0.25) is 0 Å². The van der Waals surface area contributed by atoms with Crippen molar-refractivity contribution in [1.29, 1.82) is 0 Å². The van der Waals surface area contributed by atoms with Crippen molar-refractivity contribution in [3.63, 3.8) is 0 Å². The lowest BCUT2D eigenvalue weighted by atomic mass is 10.1. The molecule has 122 valence electrons. The van der Waals surface area contributed by atoms with Crippen LogP contribution in [0, 0.1) is 23.7 Å². The van der Waals surface area contributed by atoms with Gasteiger partial charge in [0.1, 0.15) is 0 Å². The Morgan fingerprint density at radius 3 is 1.32 bits per heavy atom. The molecule has 0 saturated heterocycles. The monoisotopic (exact) mass is 340 g/mol. The topological polar surface area (TPSA) is 0 Å². The van der Waals surface area contributed by atoms with Crippen LogP contribution in [0.15, 0.2) is 60.7 Å². The molecule has 0 fully saturated rings. The van der Waals surface area contributed by atoms with Crippen molar-refractivity contribution >= 4 is 11.3 Å². The third kappa shape index (κ3) is 4.87. The van der Waals surface area contributed by atoms with Crippen LogP contribution in [0.5, 0.6) is 0 Å². The summed E-state index contributed by atoms with van der Waals surface area (Å²) in [6, 6.07) is 21.0. The van der Waals surface area contributed by atoms with Crippen LogP contribution >= 0.6 is 11.3 Å². The van der Waals surface area contributed by atoms with Gasteiger partial charge in [-0.1, -0.05) is 61.8 Å². The Hall–Kier alpha value is -2.74. The van der Waals surface area contributed by atoms with Crippen LogP contribution in [0.4, 0.5) is 0 Å². The Morgan fingerprint density at radius 2 is 0.960 bits per heavy atom. The summed E-state index contributed by atoms with van der Waals surface area (Å²) >= 11 is 1.64. The van der Waals surface area contributed by atoms with Crippen molar-refractivity contribution in [3.8, 4) is 23.7 Å². The number of rotatable bonds is 2. The molecule has 2 aromatic carbocycles. The Bertz CT molecular complexity index is 869. The summed E-state index contributed by atoms with van der Waals surface area (Å²) in [5, 5.41) is 0. The molecule has 0 bridgehead atoms. The van der Waals surface area contributed by atoms with E-state index in [1.165, 1.54) is 11.1 Å². The highest BCUT2D eigenvalue weighted by atomic mass is 32.1. The summed E-state index contributed by atoms with van der Waals surface area (Å²) in [7, 11) is 0. The Kier molecular flexibility index (Phi) is 5.73. The fraction of sp³-hybridized carbons (Fsp3) is 0.167. The van der Waals surface area contributed by atoms with E-state index < -0.39 is 0 Å². The van der Waals surface area contributed by atoms with Gasteiger partial charge in [0.05, 0.1) is 9.75 Å². The average Bonchev–Trinajstić information content (AvgIpc) is 3.13. The van der Waals surface area contributed by atoms with Crippen LogP contribution < -0.4 is 0 Å². The van der Waals surface area contributed by atoms with E-state index in [1.54, 1.807) is 11.3 Å². The fourth-order valence-electron chi connectivity index (χ4n) is 2.39. The summed E-state index contributed by atoms with van der Waals surface area (Å²) in [6.45, 7) is 4.32. The normalized spacial score (nSPS) is 9.68. The number of benzene rings is 2. The van der Waals surface area contributed by atoms with Crippen molar-refractivity contribution < 1.29 is 0 Å². The molecule has 0 spiro atoms. The van der Waals surface area contributed by atoms with E-state index in [0.717, 1.165) is 33.7 Å². The SMILES string of the molecule is CCc1ccc(C#Cc2ccc(C#Cc3ccc(CC)cc3)s2)cc1. The summed E-state index contributed by atoms with van der Waals surface area (Å²) in [4.78, 5) is 2.09. The van der Waals surface area contributed by atoms with Crippen molar-refractivity contribution in [2.75, 3.05) is 0 Å². The van der Waals surface area contributed by atoms with Gasteiger partial charge in [0.25, 0.3) is 0 Å². The zero-order valence-corrected chi connectivity index (χ0v) is 15.4. The second-order valence-electron chi connectivity index (χ2n) is 5.76. The summed E-state index contributed by atoms with van der Waals surface area (Å²) in [6.07, 6.45) is 2.11. The smallest absolute Gasteiger partial charge is 0.0785 e. The molecule has 0 saturated carbocycles. The largest absolute Gasteiger partial charge is 0.118 e. The highest BCUT2D eigenvalue weighted by molar-refractivity contribution is 7.13. The van der Waals surface area contributed by atoms with Crippen molar-refractivity contribution in [2.24, 2.45) is 0 Å². The lowest BCUT2D eigenvalue weighted by Crippen LogP contribution is -1.79. The molecule has 0 aliphatic heterocycles. The van der Waals surface area contributed by atoms with Gasteiger partial charge in [-0.3, -0.25) is 0 Å². The quantitative estimate of drug-likeness (QED) is 0.527. The van der Waals surface area contributed by atoms with Gasteiger partial charge < -0.3 is 0 Å². The number of aryl methyl sites for hydroxylation is 2. The number of thiophene rings is 1. The molecule has 25 heavy (non-hydrogen) atoms. The zero-order chi connectivity index (χ0) is 17.5. The molecule has 0 atom stereocenters. The fourth-order valence-corrected chi connectivity index (χ4v) is 3.10. The van der Waals surface area contributed by atoms with E-state index in [4.69, 9.17) is 0 Å². The molecule has 1 heterocycles. The minimum Gasteiger partial charge on any atom is -0.118 e. The van der Waals surface area contributed by atoms with E-state index in [9.17, 15) is 0 Å².